The SMILES string of the molecule is CN=Cc1cc(NC(=O)C(CCOC(C)(C)C)N2CC(=O)N(c3cc(Cl)ccc3-n3cc(Cl)nn3)CC2=O)ccc1N. The first-order valence-corrected chi connectivity index (χ1v) is 13.9. The van der Waals surface area contributed by atoms with E-state index in [1.165, 1.54) is 20.7 Å². The first kappa shape index (κ1) is 30.9. The molecule has 1 aliphatic heterocycles. The fraction of sp³-hybridized carbons (Fsp3) is 0.357. The summed E-state index contributed by atoms with van der Waals surface area (Å²) in [5.74, 6) is -1.30. The minimum Gasteiger partial charge on any atom is -0.398 e. The maximum Gasteiger partial charge on any atom is 0.247 e. The van der Waals surface area contributed by atoms with Gasteiger partial charge < -0.3 is 20.7 Å². The lowest BCUT2D eigenvalue weighted by atomic mass is 10.1. The number of halogens is 2. The zero-order chi connectivity index (χ0) is 30.6. The summed E-state index contributed by atoms with van der Waals surface area (Å²) in [6.45, 7) is 5.20. The highest BCUT2D eigenvalue weighted by atomic mass is 35.5. The summed E-state index contributed by atoms with van der Waals surface area (Å²) in [5.41, 5.74) is 7.95. The number of benzene rings is 2. The summed E-state index contributed by atoms with van der Waals surface area (Å²) >= 11 is 12.2. The van der Waals surface area contributed by atoms with E-state index in [4.69, 9.17) is 33.7 Å². The normalized spacial score (nSPS) is 15.0. The lowest BCUT2D eigenvalue weighted by Crippen LogP contribution is -2.60. The first-order chi connectivity index (χ1) is 19.9. The predicted octanol–water partition coefficient (Wildman–Crippen LogP) is 3.59. The number of aliphatic imine (C=N–C) groups is 1. The third kappa shape index (κ3) is 7.44. The van der Waals surface area contributed by atoms with E-state index in [0.717, 1.165) is 0 Å². The minimum atomic E-state index is -0.986. The molecule has 1 fully saturated rings. The van der Waals surface area contributed by atoms with Crippen molar-refractivity contribution in [3.05, 3.63) is 58.3 Å². The molecule has 3 N–H and O–H groups in total. The molecule has 1 unspecified atom stereocenters. The molecule has 1 saturated heterocycles. The zero-order valence-corrected chi connectivity index (χ0v) is 25.2. The molecule has 222 valence electrons. The molecule has 2 heterocycles. The number of hydrogen-bond acceptors (Lipinski definition) is 8. The number of ether oxygens (including phenoxy) is 1. The van der Waals surface area contributed by atoms with Crippen LogP contribution in [0.5, 0.6) is 0 Å². The largest absolute Gasteiger partial charge is 0.398 e. The van der Waals surface area contributed by atoms with Gasteiger partial charge in [-0.05, 0) is 57.2 Å². The molecule has 0 spiro atoms. The Morgan fingerprint density at radius 1 is 1.14 bits per heavy atom. The Balaban J connectivity index is 1.60. The third-order valence-corrected chi connectivity index (χ3v) is 6.80. The van der Waals surface area contributed by atoms with Crippen molar-refractivity contribution in [2.45, 2.75) is 38.8 Å². The van der Waals surface area contributed by atoms with Gasteiger partial charge in [0, 0.05) is 48.3 Å². The monoisotopic (exact) mass is 614 g/mol. The molecule has 2 aromatic carbocycles. The second-order valence-electron chi connectivity index (χ2n) is 10.6. The molecule has 3 amide bonds. The number of nitrogens with zero attached hydrogens (tertiary/aromatic N) is 6. The highest BCUT2D eigenvalue weighted by molar-refractivity contribution is 6.31. The molecule has 14 heteroatoms. The van der Waals surface area contributed by atoms with Crippen LogP contribution in [0, 0.1) is 0 Å². The van der Waals surface area contributed by atoms with Crippen molar-refractivity contribution in [3.63, 3.8) is 0 Å². The van der Waals surface area contributed by atoms with Crippen molar-refractivity contribution in [1.29, 1.82) is 0 Å². The highest BCUT2D eigenvalue weighted by Crippen LogP contribution is 2.30. The van der Waals surface area contributed by atoms with Crippen LogP contribution in [-0.2, 0) is 19.1 Å². The molecule has 0 saturated carbocycles. The van der Waals surface area contributed by atoms with Crippen LogP contribution in [0.15, 0.2) is 47.6 Å². The van der Waals surface area contributed by atoms with Crippen LogP contribution in [0.2, 0.25) is 10.2 Å². The molecule has 12 nitrogen and oxygen atoms in total. The summed E-state index contributed by atoms with van der Waals surface area (Å²) in [6, 6.07) is 8.85. The summed E-state index contributed by atoms with van der Waals surface area (Å²) in [6.07, 6.45) is 3.22. The van der Waals surface area contributed by atoms with Crippen LogP contribution in [0.1, 0.15) is 32.8 Å². The van der Waals surface area contributed by atoms with Crippen LogP contribution in [0.25, 0.3) is 5.69 Å². The van der Waals surface area contributed by atoms with Crippen molar-refractivity contribution in [2.24, 2.45) is 4.99 Å². The van der Waals surface area contributed by atoms with E-state index in [9.17, 15) is 14.4 Å². The van der Waals surface area contributed by atoms with Crippen molar-refractivity contribution >= 4 is 64.2 Å². The van der Waals surface area contributed by atoms with Crippen molar-refractivity contribution in [2.75, 3.05) is 42.7 Å². The Labute approximate surface area is 253 Å². The maximum atomic E-state index is 13.6. The third-order valence-electron chi connectivity index (χ3n) is 6.39. The first-order valence-electron chi connectivity index (χ1n) is 13.1. The number of carbonyl (C=O) groups is 3. The average Bonchev–Trinajstić information content (AvgIpc) is 3.35. The standard InChI is InChI=1S/C28H32Cl2N8O4/c1-28(2,3)42-10-9-22(27(41)33-19-6-7-20(31)17(11-19)13-32-4)36-15-26(40)37(16-25(36)39)23-12-18(29)5-8-21(23)38-14-24(30)34-35-38/h5-8,11-14,22H,9-10,15-16,31H2,1-4H3,(H,33,41). The van der Waals surface area contributed by atoms with Gasteiger partial charge in [0.15, 0.2) is 5.15 Å². The second kappa shape index (κ2) is 12.9. The number of amides is 3. The Bertz CT molecular complexity index is 1520. The summed E-state index contributed by atoms with van der Waals surface area (Å²) in [7, 11) is 1.62. The van der Waals surface area contributed by atoms with Gasteiger partial charge in [0.05, 0.1) is 23.2 Å². The van der Waals surface area contributed by atoms with Crippen LogP contribution < -0.4 is 16.0 Å². The van der Waals surface area contributed by atoms with Gasteiger partial charge in [-0.25, -0.2) is 4.68 Å². The molecule has 1 atom stereocenters. The van der Waals surface area contributed by atoms with Gasteiger partial charge in [0.1, 0.15) is 19.1 Å². The molecule has 0 aliphatic carbocycles. The molecule has 0 bridgehead atoms. The Hall–Kier alpha value is -4.00. The number of nitrogens with one attached hydrogen (secondary N) is 1. The van der Waals surface area contributed by atoms with Crippen molar-refractivity contribution < 1.29 is 19.1 Å². The minimum absolute atomic E-state index is 0.157. The second-order valence-corrected chi connectivity index (χ2v) is 11.4. The van der Waals surface area contributed by atoms with Crippen LogP contribution in [0.3, 0.4) is 0 Å². The quantitative estimate of drug-likeness (QED) is 0.276. The van der Waals surface area contributed by atoms with E-state index in [1.807, 2.05) is 20.8 Å². The average molecular weight is 616 g/mol. The van der Waals surface area contributed by atoms with Gasteiger partial charge in [-0.3, -0.25) is 24.3 Å². The maximum absolute atomic E-state index is 13.6. The van der Waals surface area contributed by atoms with Crippen molar-refractivity contribution in [3.8, 4) is 5.69 Å². The fourth-order valence-corrected chi connectivity index (χ4v) is 4.73. The van der Waals surface area contributed by atoms with Gasteiger partial charge >= 0.3 is 0 Å². The lowest BCUT2D eigenvalue weighted by molar-refractivity contribution is -0.144. The van der Waals surface area contributed by atoms with Gasteiger partial charge in [-0.15, -0.1) is 5.10 Å². The number of anilines is 3. The summed E-state index contributed by atoms with van der Waals surface area (Å²) in [5, 5.41) is 11.1. The molecule has 42 heavy (non-hydrogen) atoms. The van der Waals surface area contributed by atoms with E-state index in [0.29, 0.717) is 33.3 Å². The fourth-order valence-electron chi connectivity index (χ4n) is 4.44. The van der Waals surface area contributed by atoms with Crippen LogP contribution in [0.4, 0.5) is 17.1 Å². The number of nitrogens with two attached hydrogens (primary N) is 1. The van der Waals surface area contributed by atoms with Gasteiger partial charge in [0.25, 0.3) is 0 Å². The van der Waals surface area contributed by atoms with E-state index >= 15 is 0 Å². The van der Waals surface area contributed by atoms with E-state index in [2.05, 4.69) is 20.6 Å². The smallest absolute Gasteiger partial charge is 0.247 e. The molecule has 1 aromatic heterocycles. The highest BCUT2D eigenvalue weighted by Gasteiger charge is 2.39. The Kier molecular flexibility index (Phi) is 9.50. The zero-order valence-electron chi connectivity index (χ0n) is 23.7. The Morgan fingerprint density at radius 3 is 2.57 bits per heavy atom. The topological polar surface area (TPSA) is 148 Å². The number of hydrogen-bond donors (Lipinski definition) is 2. The van der Waals surface area contributed by atoms with E-state index < -0.39 is 29.4 Å². The summed E-state index contributed by atoms with van der Waals surface area (Å²) < 4.78 is 7.25. The number of aromatic nitrogens is 3. The molecular formula is C28H32Cl2N8O4. The molecular weight excluding hydrogens is 583 g/mol. The molecule has 4 rings (SSSR count). The van der Waals surface area contributed by atoms with Gasteiger partial charge in [-0.2, -0.15) is 0 Å². The van der Waals surface area contributed by atoms with E-state index in [-0.39, 0.29) is 31.3 Å². The number of rotatable bonds is 9. The molecule has 3 aromatic rings. The lowest BCUT2D eigenvalue weighted by Gasteiger charge is -2.38. The Morgan fingerprint density at radius 2 is 1.90 bits per heavy atom. The van der Waals surface area contributed by atoms with Gasteiger partial charge in [0.2, 0.25) is 17.7 Å². The van der Waals surface area contributed by atoms with E-state index in [1.54, 1.807) is 49.7 Å². The molecule has 1 aliphatic rings. The van der Waals surface area contributed by atoms with Gasteiger partial charge in [-0.1, -0.05) is 28.4 Å². The predicted molar refractivity (Wildman–Crippen MR) is 163 cm³/mol. The van der Waals surface area contributed by atoms with Crippen LogP contribution in [-0.4, -0.2) is 82.2 Å². The van der Waals surface area contributed by atoms with Crippen molar-refractivity contribution in [1.82, 2.24) is 19.9 Å². The molecule has 0 radical (unpaired) electrons. The van der Waals surface area contributed by atoms with Crippen LogP contribution >= 0.6 is 23.2 Å². The number of piperazine rings is 1. The number of carbonyl (C=O) groups excluding carboxylic acids is 3. The summed E-state index contributed by atoms with van der Waals surface area (Å²) in [4.78, 5) is 47.3. The number of nitrogen functional groups attached to an aromatic ring is 1.